The molecule has 1 atom stereocenters. The molecule has 1 saturated heterocycles. The molecule has 1 aliphatic heterocycles. The summed E-state index contributed by atoms with van der Waals surface area (Å²) in [5.74, 6) is 0. The predicted octanol–water partition coefficient (Wildman–Crippen LogP) is 5.43. The van der Waals surface area contributed by atoms with Crippen molar-refractivity contribution < 1.29 is 9.53 Å². The van der Waals surface area contributed by atoms with Crippen molar-refractivity contribution in [2.45, 2.75) is 51.4 Å². The largest absolute Gasteiger partial charge is 0.379 e. The molecule has 1 aliphatic carbocycles. The molecule has 6 heteroatoms. The van der Waals surface area contributed by atoms with Crippen LogP contribution >= 0.6 is 0 Å². The zero-order valence-electron chi connectivity index (χ0n) is 22.9. The fraction of sp³-hybridized carbons (Fsp3) is 0.469. The second-order valence-corrected chi connectivity index (χ2v) is 10.9. The number of nitrogens with one attached hydrogen (secondary N) is 1. The number of urea groups is 1. The third kappa shape index (κ3) is 7.13. The van der Waals surface area contributed by atoms with E-state index in [1.54, 1.807) is 0 Å². The van der Waals surface area contributed by atoms with Gasteiger partial charge >= 0.3 is 6.03 Å². The number of carbonyl (C=O) groups is 1. The Bertz CT molecular complexity index is 1180. The minimum absolute atomic E-state index is 0.00930. The van der Waals surface area contributed by atoms with Gasteiger partial charge in [0.05, 0.1) is 19.3 Å². The summed E-state index contributed by atoms with van der Waals surface area (Å²) >= 11 is 0. The van der Waals surface area contributed by atoms with Crippen molar-refractivity contribution in [1.29, 1.82) is 0 Å². The standard InChI is InChI=1S/C32H42N4O2/c1-25(30-10-5-8-28-7-3-4-9-31(28)30)33-32(37)36(18-6-17-35-19-21-38-22-20-35)24-27-13-11-26(12-14-27)23-34(2)29-15-16-29/h3-5,7-14,25,29H,6,15-24H2,1-2H3,(H,33,37)/t25-/m0/s1. The van der Waals surface area contributed by atoms with Gasteiger partial charge < -0.3 is 15.0 Å². The molecule has 1 N–H and O–H groups in total. The van der Waals surface area contributed by atoms with Gasteiger partial charge in [0.1, 0.15) is 0 Å². The molecule has 1 saturated carbocycles. The average Bonchev–Trinajstić information content (AvgIpc) is 3.80. The van der Waals surface area contributed by atoms with E-state index < -0.39 is 0 Å². The van der Waals surface area contributed by atoms with E-state index >= 15 is 0 Å². The Morgan fingerprint density at radius 3 is 2.39 bits per heavy atom. The number of nitrogens with zero attached hydrogens (tertiary/aromatic N) is 3. The molecule has 0 spiro atoms. The summed E-state index contributed by atoms with van der Waals surface area (Å²) < 4.78 is 5.49. The maximum absolute atomic E-state index is 13.6. The van der Waals surface area contributed by atoms with E-state index in [1.807, 2.05) is 4.90 Å². The Kier molecular flexibility index (Phi) is 8.94. The average molecular weight is 515 g/mol. The van der Waals surface area contributed by atoms with Gasteiger partial charge in [0.2, 0.25) is 0 Å². The zero-order valence-corrected chi connectivity index (χ0v) is 22.9. The van der Waals surface area contributed by atoms with Crippen LogP contribution in [0.1, 0.15) is 48.9 Å². The van der Waals surface area contributed by atoms with Gasteiger partial charge in [-0.05, 0) is 60.7 Å². The van der Waals surface area contributed by atoms with Crippen molar-refractivity contribution in [3.63, 3.8) is 0 Å². The maximum Gasteiger partial charge on any atom is 0.318 e. The monoisotopic (exact) mass is 514 g/mol. The van der Waals surface area contributed by atoms with Crippen LogP contribution in [0.2, 0.25) is 0 Å². The van der Waals surface area contributed by atoms with Crippen LogP contribution in [0.4, 0.5) is 4.79 Å². The first-order valence-corrected chi connectivity index (χ1v) is 14.2. The lowest BCUT2D eigenvalue weighted by Gasteiger charge is -2.29. The number of benzene rings is 3. The molecule has 0 aromatic heterocycles. The van der Waals surface area contributed by atoms with Crippen molar-refractivity contribution in [1.82, 2.24) is 20.0 Å². The quantitative estimate of drug-likeness (QED) is 0.371. The van der Waals surface area contributed by atoms with E-state index in [9.17, 15) is 4.79 Å². The summed E-state index contributed by atoms with van der Waals surface area (Å²) in [6.07, 6.45) is 3.58. The molecule has 1 heterocycles. The number of amides is 2. The molecule has 3 aromatic rings. The topological polar surface area (TPSA) is 48.1 Å². The summed E-state index contributed by atoms with van der Waals surface area (Å²) in [6, 6.07) is 24.2. The van der Waals surface area contributed by atoms with Crippen LogP contribution in [-0.2, 0) is 17.8 Å². The second-order valence-electron chi connectivity index (χ2n) is 10.9. The molecule has 5 rings (SSSR count). The Morgan fingerprint density at radius 2 is 1.66 bits per heavy atom. The lowest BCUT2D eigenvalue weighted by Crippen LogP contribution is -2.43. The Balaban J connectivity index is 1.24. The highest BCUT2D eigenvalue weighted by atomic mass is 16.5. The molecular formula is C32H42N4O2. The maximum atomic E-state index is 13.6. The van der Waals surface area contributed by atoms with Crippen LogP contribution in [0, 0.1) is 0 Å². The zero-order chi connectivity index (χ0) is 26.3. The van der Waals surface area contributed by atoms with Gasteiger partial charge in [-0.15, -0.1) is 0 Å². The molecule has 2 fully saturated rings. The molecule has 2 amide bonds. The number of hydrogen-bond donors (Lipinski definition) is 1. The van der Waals surface area contributed by atoms with Gasteiger partial charge in [-0.2, -0.15) is 0 Å². The molecule has 6 nitrogen and oxygen atoms in total. The summed E-state index contributed by atoms with van der Waals surface area (Å²) in [4.78, 5) is 20.5. The fourth-order valence-corrected chi connectivity index (χ4v) is 5.45. The van der Waals surface area contributed by atoms with Gasteiger partial charge in [0.25, 0.3) is 0 Å². The van der Waals surface area contributed by atoms with Crippen molar-refractivity contribution in [3.8, 4) is 0 Å². The van der Waals surface area contributed by atoms with Gasteiger partial charge in [-0.3, -0.25) is 9.80 Å². The molecule has 202 valence electrons. The molecule has 38 heavy (non-hydrogen) atoms. The Labute approximate surface area is 227 Å². The van der Waals surface area contributed by atoms with E-state index in [0.29, 0.717) is 6.54 Å². The minimum atomic E-state index is -0.0873. The number of carbonyl (C=O) groups excluding carboxylic acids is 1. The molecule has 0 bridgehead atoms. The molecule has 0 unspecified atom stereocenters. The van der Waals surface area contributed by atoms with Crippen LogP contribution in [0.15, 0.2) is 66.7 Å². The van der Waals surface area contributed by atoms with Crippen molar-refractivity contribution in [2.75, 3.05) is 46.4 Å². The van der Waals surface area contributed by atoms with Crippen molar-refractivity contribution in [3.05, 3.63) is 83.4 Å². The lowest BCUT2D eigenvalue weighted by molar-refractivity contribution is 0.0364. The van der Waals surface area contributed by atoms with Crippen LogP contribution in [0.25, 0.3) is 10.8 Å². The summed E-state index contributed by atoms with van der Waals surface area (Å²) in [5, 5.41) is 5.68. The molecule has 2 aliphatic rings. The lowest BCUT2D eigenvalue weighted by atomic mass is 10.00. The molecular weight excluding hydrogens is 472 g/mol. The van der Waals surface area contributed by atoms with E-state index in [2.05, 4.69) is 95.8 Å². The first kappa shape index (κ1) is 26.7. The first-order chi connectivity index (χ1) is 18.6. The second kappa shape index (κ2) is 12.7. The SMILES string of the molecule is C[C@H](NC(=O)N(CCCN1CCOCC1)Cc1ccc(CN(C)C2CC2)cc1)c1cccc2ccccc12. The summed E-state index contributed by atoms with van der Waals surface area (Å²) in [5.41, 5.74) is 3.65. The number of ether oxygens (including phenoxy) is 1. The van der Waals surface area contributed by atoms with Gasteiger partial charge in [-0.1, -0.05) is 66.7 Å². The highest BCUT2D eigenvalue weighted by molar-refractivity contribution is 5.86. The highest BCUT2D eigenvalue weighted by Gasteiger charge is 2.26. The van der Waals surface area contributed by atoms with Crippen molar-refractivity contribution in [2.24, 2.45) is 0 Å². The highest BCUT2D eigenvalue weighted by Crippen LogP contribution is 2.27. The number of rotatable bonds is 11. The minimum Gasteiger partial charge on any atom is -0.379 e. The Hall–Kier alpha value is -2.93. The predicted molar refractivity (Wildman–Crippen MR) is 154 cm³/mol. The van der Waals surface area contributed by atoms with Crippen LogP contribution in [0.3, 0.4) is 0 Å². The molecule has 0 radical (unpaired) electrons. The third-order valence-electron chi connectivity index (χ3n) is 7.92. The van der Waals surface area contributed by atoms with Gasteiger partial charge in [-0.25, -0.2) is 4.79 Å². The smallest absolute Gasteiger partial charge is 0.318 e. The van der Waals surface area contributed by atoms with E-state index in [4.69, 9.17) is 4.74 Å². The van der Waals surface area contributed by atoms with E-state index in [-0.39, 0.29) is 12.1 Å². The van der Waals surface area contributed by atoms with Crippen LogP contribution in [0.5, 0.6) is 0 Å². The van der Waals surface area contributed by atoms with Crippen LogP contribution < -0.4 is 5.32 Å². The third-order valence-corrected chi connectivity index (χ3v) is 7.92. The molecule has 3 aromatic carbocycles. The number of hydrogen-bond acceptors (Lipinski definition) is 4. The fourth-order valence-electron chi connectivity index (χ4n) is 5.45. The van der Waals surface area contributed by atoms with Gasteiger partial charge in [0, 0.05) is 45.3 Å². The normalized spacial score (nSPS) is 17.0. The van der Waals surface area contributed by atoms with Gasteiger partial charge in [0.15, 0.2) is 0 Å². The summed E-state index contributed by atoms with van der Waals surface area (Å²) in [6.45, 7) is 8.92. The first-order valence-electron chi connectivity index (χ1n) is 14.2. The van der Waals surface area contributed by atoms with Crippen LogP contribution in [-0.4, -0.2) is 73.2 Å². The van der Waals surface area contributed by atoms with E-state index in [1.165, 1.54) is 34.7 Å². The number of morpholine rings is 1. The van der Waals surface area contributed by atoms with E-state index in [0.717, 1.165) is 64.0 Å². The van der Waals surface area contributed by atoms with Crippen molar-refractivity contribution >= 4 is 16.8 Å². The Morgan fingerprint density at radius 1 is 0.974 bits per heavy atom. The number of fused-ring (bicyclic) bond motifs is 1. The summed E-state index contributed by atoms with van der Waals surface area (Å²) in [7, 11) is 2.21.